The Hall–Kier alpha value is -1.65. The Morgan fingerprint density at radius 2 is 2.22 bits per heavy atom. The van der Waals surface area contributed by atoms with Gasteiger partial charge in [0.05, 0.1) is 24.7 Å². The summed E-state index contributed by atoms with van der Waals surface area (Å²) in [5, 5.41) is 11.3. The fourth-order valence-corrected chi connectivity index (χ4v) is 3.51. The van der Waals surface area contributed by atoms with Crippen LogP contribution in [-0.2, 0) is 15.1 Å². The Balaban J connectivity index is 1.82. The van der Waals surface area contributed by atoms with E-state index in [9.17, 15) is 9.90 Å². The molecular formula is C19H26NO3+. The van der Waals surface area contributed by atoms with Crippen LogP contribution in [0, 0.1) is 0 Å². The van der Waals surface area contributed by atoms with Crippen LogP contribution >= 0.6 is 0 Å². The van der Waals surface area contributed by atoms with E-state index >= 15 is 0 Å². The monoisotopic (exact) mass is 319 g/mol. The lowest BCUT2D eigenvalue weighted by molar-refractivity contribution is -0.879. The number of carbonyl (C=O) groups excluding carboxylic acids is 1. The van der Waals surface area contributed by atoms with Crippen LogP contribution in [0.25, 0.3) is 0 Å². The van der Waals surface area contributed by atoms with Crippen molar-refractivity contribution >= 4 is 5.97 Å². The van der Waals surface area contributed by atoms with Crippen molar-refractivity contribution in [1.29, 1.82) is 0 Å². The molecule has 3 atom stereocenters. The van der Waals surface area contributed by atoms with Gasteiger partial charge in [-0.15, -0.1) is 0 Å². The first-order chi connectivity index (χ1) is 12.2. The first kappa shape index (κ1) is 12.7. The van der Waals surface area contributed by atoms with E-state index in [0.717, 1.165) is 12.8 Å². The van der Waals surface area contributed by atoms with Crippen LogP contribution in [0.2, 0.25) is 0 Å². The molecule has 1 N–H and O–H groups in total. The quantitative estimate of drug-likeness (QED) is 0.526. The smallest absolute Gasteiger partial charge is 0.347 e. The molecule has 4 heteroatoms. The Morgan fingerprint density at radius 1 is 1.43 bits per heavy atom. The molecule has 1 fully saturated rings. The van der Waals surface area contributed by atoms with Crippen molar-refractivity contribution in [2.45, 2.75) is 37.4 Å². The zero-order valence-corrected chi connectivity index (χ0v) is 13.5. The highest BCUT2D eigenvalue weighted by Gasteiger charge is 2.46. The minimum atomic E-state index is -2.15. The summed E-state index contributed by atoms with van der Waals surface area (Å²) in [6, 6.07) is 8.83. The number of quaternary nitrogens is 1. The van der Waals surface area contributed by atoms with E-state index in [0.29, 0.717) is 30.5 Å². The zero-order chi connectivity index (χ0) is 19.0. The van der Waals surface area contributed by atoms with Crippen LogP contribution in [0.1, 0.15) is 35.4 Å². The van der Waals surface area contributed by atoms with Gasteiger partial charge in [0.15, 0.2) is 6.10 Å². The van der Waals surface area contributed by atoms with E-state index in [1.807, 2.05) is 12.1 Å². The third-order valence-electron chi connectivity index (χ3n) is 4.82. The lowest BCUT2D eigenvalue weighted by Gasteiger charge is -2.29. The van der Waals surface area contributed by atoms with Crippen LogP contribution in [0.5, 0.6) is 0 Å². The summed E-state index contributed by atoms with van der Waals surface area (Å²) in [5.41, 5.74) is -0.645. The van der Waals surface area contributed by atoms with Crippen molar-refractivity contribution in [2.24, 2.45) is 0 Å². The van der Waals surface area contributed by atoms with Crippen LogP contribution in [0.15, 0.2) is 42.0 Å². The molecular weight excluding hydrogens is 290 g/mol. The van der Waals surface area contributed by atoms with Gasteiger partial charge in [-0.1, -0.05) is 36.4 Å². The SMILES string of the molecule is [2H]C([2H])([2H])[N+]1(C)CCC(OC(=O)C(O)(C2=CCCC2)c2ccccc2)C1. The van der Waals surface area contributed by atoms with Crippen LogP contribution in [0.4, 0.5) is 0 Å². The molecule has 124 valence electrons. The van der Waals surface area contributed by atoms with Crippen molar-refractivity contribution in [3.05, 3.63) is 47.5 Å². The van der Waals surface area contributed by atoms with Gasteiger partial charge in [0.1, 0.15) is 6.54 Å². The lowest BCUT2D eigenvalue weighted by atomic mass is 9.85. The van der Waals surface area contributed by atoms with Crippen molar-refractivity contribution < 1.29 is 23.2 Å². The van der Waals surface area contributed by atoms with Crippen LogP contribution in [0.3, 0.4) is 0 Å². The van der Waals surface area contributed by atoms with Gasteiger partial charge >= 0.3 is 5.97 Å². The topological polar surface area (TPSA) is 46.5 Å². The van der Waals surface area contributed by atoms with Gasteiger partial charge in [-0.25, -0.2) is 4.79 Å². The molecule has 1 aliphatic heterocycles. The molecule has 1 heterocycles. The third-order valence-corrected chi connectivity index (χ3v) is 4.82. The predicted molar refractivity (Wildman–Crippen MR) is 88.6 cm³/mol. The molecule has 1 aromatic rings. The lowest BCUT2D eigenvalue weighted by Crippen LogP contribution is -2.43. The first-order valence-corrected chi connectivity index (χ1v) is 8.20. The number of likely N-dealkylation sites (N-methyl/N-ethyl adjacent to an activating group) is 1. The highest BCUT2D eigenvalue weighted by Crippen LogP contribution is 2.38. The number of rotatable bonds is 4. The summed E-state index contributed by atoms with van der Waals surface area (Å²) in [6.45, 7) is -1.50. The van der Waals surface area contributed by atoms with Crippen LogP contribution in [-0.4, -0.2) is 48.8 Å². The molecule has 3 unspecified atom stereocenters. The summed E-state index contributed by atoms with van der Waals surface area (Å²) in [6.07, 6.45) is 4.25. The Bertz CT molecular complexity index is 704. The number of ether oxygens (including phenoxy) is 1. The normalized spacial score (nSPS) is 32.3. The number of aliphatic hydroxyl groups is 1. The molecule has 2 aliphatic rings. The number of nitrogens with zero attached hydrogens (tertiary/aromatic N) is 1. The molecule has 0 spiro atoms. The molecule has 4 nitrogen and oxygen atoms in total. The van der Waals surface area contributed by atoms with E-state index in [-0.39, 0.29) is 11.0 Å². The van der Waals surface area contributed by atoms with Gasteiger partial charge in [0.2, 0.25) is 5.60 Å². The number of hydrogen-bond donors (Lipinski definition) is 1. The number of hydrogen-bond acceptors (Lipinski definition) is 3. The van der Waals surface area contributed by atoms with Crippen molar-refractivity contribution in [3.63, 3.8) is 0 Å². The second-order valence-corrected chi connectivity index (χ2v) is 6.82. The molecule has 0 amide bonds. The van der Waals surface area contributed by atoms with E-state index in [2.05, 4.69) is 0 Å². The maximum absolute atomic E-state index is 13.0. The molecule has 0 bridgehead atoms. The summed E-state index contributed by atoms with van der Waals surface area (Å²) in [7, 11) is 1.66. The highest BCUT2D eigenvalue weighted by atomic mass is 16.6. The Morgan fingerprint density at radius 3 is 2.83 bits per heavy atom. The maximum Gasteiger partial charge on any atom is 0.347 e. The van der Waals surface area contributed by atoms with Gasteiger partial charge < -0.3 is 14.3 Å². The minimum absolute atomic E-state index is 0.128. The summed E-state index contributed by atoms with van der Waals surface area (Å²) in [4.78, 5) is 13.0. The van der Waals surface area contributed by atoms with Gasteiger partial charge in [-0.3, -0.25) is 0 Å². The van der Waals surface area contributed by atoms with E-state index < -0.39 is 24.7 Å². The van der Waals surface area contributed by atoms with Crippen molar-refractivity contribution in [2.75, 3.05) is 27.1 Å². The average molecular weight is 319 g/mol. The number of esters is 1. The molecule has 0 saturated carbocycles. The van der Waals surface area contributed by atoms with E-state index in [1.165, 1.54) is 0 Å². The number of benzene rings is 1. The van der Waals surface area contributed by atoms with Gasteiger partial charge in [-0.05, 0) is 30.4 Å². The first-order valence-electron chi connectivity index (χ1n) is 9.70. The zero-order valence-electron chi connectivity index (χ0n) is 16.5. The largest absolute Gasteiger partial charge is 0.453 e. The van der Waals surface area contributed by atoms with E-state index in [4.69, 9.17) is 8.85 Å². The molecule has 0 radical (unpaired) electrons. The molecule has 1 saturated heterocycles. The standard InChI is InChI=1S/C19H26NO3/c1-20(2)13-12-17(14-20)23-18(21)19(22,16-10-6-7-11-16)15-8-4-3-5-9-15/h3-5,8-10,17,22H,6-7,11-14H2,1-2H3/q+1/i1D3. The van der Waals surface area contributed by atoms with Gasteiger partial charge in [0, 0.05) is 6.42 Å². The second kappa shape index (κ2) is 6.10. The van der Waals surface area contributed by atoms with E-state index in [1.54, 1.807) is 31.3 Å². The van der Waals surface area contributed by atoms with Gasteiger partial charge in [0.25, 0.3) is 0 Å². The third kappa shape index (κ3) is 3.19. The molecule has 0 aromatic heterocycles. The number of likely N-dealkylation sites (tertiary alicyclic amines) is 1. The number of allylic oxidation sites excluding steroid dienone is 1. The fourth-order valence-electron chi connectivity index (χ4n) is 3.51. The van der Waals surface area contributed by atoms with Crippen molar-refractivity contribution in [1.82, 2.24) is 0 Å². The molecule has 1 aromatic carbocycles. The summed E-state index contributed by atoms with van der Waals surface area (Å²) < 4.78 is 28.6. The Labute approximate surface area is 142 Å². The van der Waals surface area contributed by atoms with Gasteiger partial charge in [-0.2, -0.15) is 0 Å². The average Bonchev–Trinajstić information content (AvgIpc) is 3.25. The highest BCUT2D eigenvalue weighted by molar-refractivity contribution is 5.85. The predicted octanol–water partition coefficient (Wildman–Crippen LogP) is 2.38. The Kier molecular flexibility index (Phi) is 3.38. The maximum atomic E-state index is 13.0. The minimum Gasteiger partial charge on any atom is -0.453 e. The van der Waals surface area contributed by atoms with Crippen molar-refractivity contribution in [3.8, 4) is 0 Å². The fraction of sp³-hybridized carbons (Fsp3) is 0.526. The number of carbonyl (C=O) groups is 1. The van der Waals surface area contributed by atoms with Crippen LogP contribution < -0.4 is 0 Å². The molecule has 1 aliphatic carbocycles. The second-order valence-electron chi connectivity index (χ2n) is 6.82. The molecule has 23 heavy (non-hydrogen) atoms. The summed E-state index contributed by atoms with van der Waals surface area (Å²) >= 11 is 0. The summed E-state index contributed by atoms with van der Waals surface area (Å²) in [5.74, 6) is -0.708. The molecule has 3 rings (SSSR count).